The number of benzene rings is 1. The van der Waals surface area contributed by atoms with Crippen LogP contribution in [0, 0.1) is 0 Å². The fraction of sp³-hybridized carbons (Fsp3) is 0.353. The first-order valence-corrected chi connectivity index (χ1v) is 8.53. The van der Waals surface area contributed by atoms with Gasteiger partial charge in [-0.15, -0.1) is 11.3 Å². The number of nitrogens with zero attached hydrogens (tertiary/aromatic N) is 2. The van der Waals surface area contributed by atoms with Crippen molar-refractivity contribution in [2.24, 2.45) is 0 Å². The summed E-state index contributed by atoms with van der Waals surface area (Å²) in [7, 11) is 0. The molecule has 0 saturated carbocycles. The van der Waals surface area contributed by atoms with Gasteiger partial charge in [0.05, 0.1) is 17.1 Å². The Hall–Kier alpha value is -2.21. The molecule has 1 unspecified atom stereocenters. The minimum absolute atomic E-state index is 0.0812. The van der Waals surface area contributed by atoms with Crippen LogP contribution in [0.15, 0.2) is 29.6 Å². The summed E-state index contributed by atoms with van der Waals surface area (Å²) in [6.07, 6.45) is 0.267. The molecular weight excluding hydrogens is 310 g/mol. The average molecular weight is 329 g/mol. The van der Waals surface area contributed by atoms with Crippen LogP contribution in [0.25, 0.3) is 0 Å². The molecule has 23 heavy (non-hydrogen) atoms. The molecule has 1 atom stereocenters. The Morgan fingerprint density at radius 3 is 2.83 bits per heavy atom. The molecule has 0 radical (unpaired) electrons. The molecule has 1 aromatic carbocycles. The molecule has 0 spiro atoms. The van der Waals surface area contributed by atoms with E-state index in [1.807, 2.05) is 36.6 Å². The molecular formula is C17H19N3O2S. The monoisotopic (exact) mass is 329 g/mol. The predicted octanol–water partition coefficient (Wildman–Crippen LogP) is 3.64. The van der Waals surface area contributed by atoms with E-state index in [2.05, 4.69) is 24.1 Å². The van der Waals surface area contributed by atoms with E-state index >= 15 is 0 Å². The van der Waals surface area contributed by atoms with Crippen molar-refractivity contribution in [2.75, 3.05) is 10.2 Å². The Labute approximate surface area is 139 Å². The van der Waals surface area contributed by atoms with Crippen molar-refractivity contribution in [1.29, 1.82) is 0 Å². The highest BCUT2D eigenvalue weighted by atomic mass is 32.1. The molecule has 1 aromatic heterocycles. The zero-order valence-electron chi connectivity index (χ0n) is 13.4. The second kappa shape index (κ2) is 6.12. The van der Waals surface area contributed by atoms with Crippen LogP contribution >= 0.6 is 11.3 Å². The zero-order valence-corrected chi connectivity index (χ0v) is 14.2. The molecule has 3 rings (SSSR count). The van der Waals surface area contributed by atoms with E-state index in [0.717, 1.165) is 11.4 Å². The minimum atomic E-state index is -0.224. The molecule has 2 heterocycles. The van der Waals surface area contributed by atoms with Crippen molar-refractivity contribution in [3.8, 4) is 0 Å². The maximum Gasteiger partial charge on any atom is 0.287 e. The zero-order chi connectivity index (χ0) is 16.6. The van der Waals surface area contributed by atoms with Crippen LogP contribution in [0.4, 0.5) is 11.4 Å². The number of carbonyl (C=O) groups excluding carboxylic acids is 2. The smallest absolute Gasteiger partial charge is 0.287 e. The summed E-state index contributed by atoms with van der Waals surface area (Å²) in [4.78, 5) is 31.1. The third kappa shape index (κ3) is 2.99. The molecule has 2 aromatic rings. The SMILES string of the molecule is CC(C)c1csc(C(=O)N2c3ccccc3NC(=O)CC2C)n1. The lowest BCUT2D eigenvalue weighted by molar-refractivity contribution is -0.116. The van der Waals surface area contributed by atoms with Crippen molar-refractivity contribution < 1.29 is 9.59 Å². The quantitative estimate of drug-likeness (QED) is 0.915. The van der Waals surface area contributed by atoms with E-state index in [0.29, 0.717) is 10.7 Å². The van der Waals surface area contributed by atoms with Crippen LogP contribution < -0.4 is 10.2 Å². The van der Waals surface area contributed by atoms with Gasteiger partial charge < -0.3 is 10.2 Å². The van der Waals surface area contributed by atoms with E-state index in [1.165, 1.54) is 11.3 Å². The maximum absolute atomic E-state index is 13.0. The number of fused-ring (bicyclic) bond motifs is 1. The number of anilines is 2. The minimum Gasteiger partial charge on any atom is -0.324 e. The van der Waals surface area contributed by atoms with Crippen LogP contribution in [0.3, 0.4) is 0 Å². The van der Waals surface area contributed by atoms with Crippen molar-refractivity contribution in [3.63, 3.8) is 0 Å². The molecule has 1 aliphatic heterocycles. The molecule has 0 fully saturated rings. The Bertz CT molecular complexity index is 754. The number of aromatic nitrogens is 1. The van der Waals surface area contributed by atoms with Gasteiger partial charge in [-0.2, -0.15) is 0 Å². The predicted molar refractivity (Wildman–Crippen MR) is 92.2 cm³/mol. The van der Waals surface area contributed by atoms with Crippen molar-refractivity contribution in [2.45, 2.75) is 39.2 Å². The average Bonchev–Trinajstić information content (AvgIpc) is 2.94. The molecule has 1 N–H and O–H groups in total. The number of carbonyl (C=O) groups is 2. The molecule has 6 heteroatoms. The highest BCUT2D eigenvalue weighted by Crippen LogP contribution is 2.33. The van der Waals surface area contributed by atoms with E-state index in [-0.39, 0.29) is 30.2 Å². The number of para-hydroxylation sites is 2. The molecule has 0 saturated heterocycles. The third-order valence-electron chi connectivity index (χ3n) is 3.87. The number of thiazole rings is 1. The van der Waals surface area contributed by atoms with Gasteiger partial charge in [-0.1, -0.05) is 26.0 Å². The largest absolute Gasteiger partial charge is 0.324 e. The van der Waals surface area contributed by atoms with Gasteiger partial charge in [0.1, 0.15) is 0 Å². The second-order valence-electron chi connectivity index (χ2n) is 6.03. The number of nitrogens with one attached hydrogen (secondary N) is 1. The summed E-state index contributed by atoms with van der Waals surface area (Å²) >= 11 is 1.36. The standard InChI is InChI=1S/C17H19N3O2S/c1-10(2)13-9-23-16(19-13)17(22)20-11(3)8-15(21)18-12-6-4-5-7-14(12)20/h4-7,9-11H,8H2,1-3H3,(H,18,21). The molecule has 0 bridgehead atoms. The van der Waals surface area contributed by atoms with Gasteiger partial charge in [-0.25, -0.2) is 4.98 Å². The van der Waals surface area contributed by atoms with Crippen molar-refractivity contribution >= 4 is 34.5 Å². The topological polar surface area (TPSA) is 62.3 Å². The van der Waals surface area contributed by atoms with Gasteiger partial charge in [0, 0.05) is 17.8 Å². The normalized spacial score (nSPS) is 17.7. The molecule has 5 nitrogen and oxygen atoms in total. The van der Waals surface area contributed by atoms with E-state index in [1.54, 1.807) is 4.90 Å². The maximum atomic E-state index is 13.0. The number of hydrogen-bond donors (Lipinski definition) is 1. The fourth-order valence-corrected chi connectivity index (χ4v) is 3.56. The van der Waals surface area contributed by atoms with Crippen molar-refractivity contribution in [1.82, 2.24) is 4.98 Å². The van der Waals surface area contributed by atoms with E-state index in [9.17, 15) is 9.59 Å². The van der Waals surface area contributed by atoms with Crippen LogP contribution in [-0.4, -0.2) is 22.8 Å². The lowest BCUT2D eigenvalue weighted by atomic mass is 10.1. The summed E-state index contributed by atoms with van der Waals surface area (Å²) in [6.45, 7) is 5.99. The van der Waals surface area contributed by atoms with Gasteiger partial charge in [-0.05, 0) is 25.0 Å². The first-order valence-electron chi connectivity index (χ1n) is 7.65. The van der Waals surface area contributed by atoms with Gasteiger partial charge in [-0.3, -0.25) is 9.59 Å². The van der Waals surface area contributed by atoms with Crippen LogP contribution in [0.1, 0.15) is 48.6 Å². The van der Waals surface area contributed by atoms with E-state index in [4.69, 9.17) is 0 Å². The van der Waals surface area contributed by atoms with Crippen molar-refractivity contribution in [3.05, 3.63) is 40.3 Å². The summed E-state index contributed by atoms with van der Waals surface area (Å²) in [5.74, 6) is 0.0468. The Kier molecular flexibility index (Phi) is 4.17. The highest BCUT2D eigenvalue weighted by molar-refractivity contribution is 7.11. The molecule has 2 amide bonds. The summed E-state index contributed by atoms with van der Waals surface area (Å²) < 4.78 is 0. The highest BCUT2D eigenvalue weighted by Gasteiger charge is 2.31. The van der Waals surface area contributed by atoms with Crippen LogP contribution in [-0.2, 0) is 4.79 Å². The van der Waals surface area contributed by atoms with Gasteiger partial charge in [0.2, 0.25) is 5.91 Å². The molecule has 0 aliphatic carbocycles. The lowest BCUT2D eigenvalue weighted by Crippen LogP contribution is -2.39. The number of hydrogen-bond acceptors (Lipinski definition) is 4. The first-order chi connectivity index (χ1) is 11.0. The Morgan fingerprint density at radius 1 is 1.39 bits per heavy atom. The van der Waals surface area contributed by atoms with Gasteiger partial charge >= 0.3 is 0 Å². The second-order valence-corrected chi connectivity index (χ2v) is 6.88. The lowest BCUT2D eigenvalue weighted by Gasteiger charge is -2.26. The Balaban J connectivity index is 2.02. The van der Waals surface area contributed by atoms with E-state index < -0.39 is 0 Å². The number of amides is 2. The fourth-order valence-electron chi connectivity index (χ4n) is 2.65. The summed E-state index contributed by atoms with van der Waals surface area (Å²) in [6, 6.07) is 7.15. The summed E-state index contributed by atoms with van der Waals surface area (Å²) in [5.41, 5.74) is 2.30. The molecule has 120 valence electrons. The van der Waals surface area contributed by atoms with Gasteiger partial charge in [0.15, 0.2) is 5.01 Å². The third-order valence-corrected chi connectivity index (χ3v) is 4.72. The van der Waals surface area contributed by atoms with Gasteiger partial charge in [0.25, 0.3) is 5.91 Å². The summed E-state index contributed by atoms with van der Waals surface area (Å²) in [5, 5.41) is 5.25. The Morgan fingerprint density at radius 2 is 2.13 bits per heavy atom. The number of rotatable bonds is 2. The molecule has 1 aliphatic rings. The van der Waals surface area contributed by atoms with Crippen LogP contribution in [0.2, 0.25) is 0 Å². The van der Waals surface area contributed by atoms with Crippen LogP contribution in [0.5, 0.6) is 0 Å². The first kappa shape index (κ1) is 15.7.